The maximum Gasteiger partial charge on any atom is 0.248 e. The lowest BCUT2D eigenvalue weighted by Gasteiger charge is -2.36. The summed E-state index contributed by atoms with van der Waals surface area (Å²) in [5, 5.41) is 10.9. The fourth-order valence-corrected chi connectivity index (χ4v) is 3.83. The Morgan fingerprint density at radius 2 is 1.96 bits per heavy atom. The Morgan fingerprint density at radius 3 is 2.56 bits per heavy atom. The molecule has 0 radical (unpaired) electrons. The second-order valence-electron chi connectivity index (χ2n) is 7.02. The smallest absolute Gasteiger partial charge is 0.248 e. The average molecular weight is 392 g/mol. The maximum atomic E-state index is 12.9. The number of halogens is 2. The van der Waals surface area contributed by atoms with Gasteiger partial charge in [0.1, 0.15) is 5.54 Å². The standard InChI is InChI=1S/C17H29N5O.2ClH/c1-21-13-4-15(5-14-21)3-9-19-16(23)17(6-10-18-11-7-17)22-12-2-8-20-22;;/h2,8,12,15,18H,3-7,9-11,13-14H2,1H3,(H,19,23);2*1H. The van der Waals surface area contributed by atoms with Crippen LogP contribution in [0.2, 0.25) is 0 Å². The van der Waals surface area contributed by atoms with E-state index in [9.17, 15) is 4.79 Å². The lowest BCUT2D eigenvalue weighted by molar-refractivity contribution is -0.132. The molecule has 3 heterocycles. The molecule has 0 spiro atoms. The molecule has 2 saturated heterocycles. The highest BCUT2D eigenvalue weighted by Crippen LogP contribution is 2.27. The van der Waals surface area contributed by atoms with Gasteiger partial charge in [-0.3, -0.25) is 9.48 Å². The Hall–Kier alpha value is -0.820. The Bertz CT molecular complexity index is 497. The van der Waals surface area contributed by atoms with Gasteiger partial charge in [-0.1, -0.05) is 0 Å². The summed E-state index contributed by atoms with van der Waals surface area (Å²) in [6, 6.07) is 1.90. The first-order chi connectivity index (χ1) is 11.2. The molecular weight excluding hydrogens is 361 g/mol. The van der Waals surface area contributed by atoms with Crippen LogP contribution in [0.25, 0.3) is 0 Å². The molecule has 6 nitrogen and oxygen atoms in total. The van der Waals surface area contributed by atoms with Crippen molar-refractivity contribution in [3.8, 4) is 0 Å². The SMILES string of the molecule is CN1CCC(CCNC(=O)C2(n3cccn3)CCNCC2)CC1.Cl.Cl. The number of rotatable bonds is 5. The van der Waals surface area contributed by atoms with Crippen LogP contribution in [0.5, 0.6) is 0 Å². The van der Waals surface area contributed by atoms with E-state index in [1.54, 1.807) is 6.20 Å². The van der Waals surface area contributed by atoms with Crippen molar-refractivity contribution >= 4 is 30.7 Å². The Balaban J connectivity index is 0.00000156. The van der Waals surface area contributed by atoms with Crippen molar-refractivity contribution in [2.75, 3.05) is 39.8 Å². The summed E-state index contributed by atoms with van der Waals surface area (Å²) < 4.78 is 1.86. The molecule has 3 rings (SSSR count). The van der Waals surface area contributed by atoms with E-state index < -0.39 is 5.54 Å². The van der Waals surface area contributed by atoms with Gasteiger partial charge in [0, 0.05) is 18.9 Å². The third kappa shape index (κ3) is 5.33. The highest BCUT2D eigenvalue weighted by atomic mass is 35.5. The summed E-state index contributed by atoms with van der Waals surface area (Å²) in [5.74, 6) is 0.885. The molecule has 8 heteroatoms. The predicted molar refractivity (Wildman–Crippen MR) is 105 cm³/mol. The molecular formula is C17H31Cl2N5O. The topological polar surface area (TPSA) is 62.2 Å². The number of nitrogens with one attached hydrogen (secondary N) is 2. The van der Waals surface area contributed by atoms with Crippen LogP contribution in [-0.2, 0) is 10.3 Å². The lowest BCUT2D eigenvalue weighted by Crippen LogP contribution is -2.54. The van der Waals surface area contributed by atoms with Crippen molar-refractivity contribution in [2.45, 2.75) is 37.6 Å². The molecule has 2 fully saturated rings. The molecule has 0 atom stereocenters. The third-order valence-corrected chi connectivity index (χ3v) is 5.47. The molecule has 0 aromatic carbocycles. The Labute approximate surface area is 162 Å². The minimum atomic E-state index is -0.512. The minimum absolute atomic E-state index is 0. The van der Waals surface area contributed by atoms with Crippen molar-refractivity contribution in [3.05, 3.63) is 18.5 Å². The maximum absolute atomic E-state index is 12.9. The Morgan fingerprint density at radius 1 is 1.28 bits per heavy atom. The van der Waals surface area contributed by atoms with E-state index in [2.05, 4.69) is 27.7 Å². The fraction of sp³-hybridized carbons (Fsp3) is 0.765. The fourth-order valence-electron chi connectivity index (χ4n) is 3.83. The largest absolute Gasteiger partial charge is 0.354 e. The Kier molecular flexibility index (Phi) is 9.21. The number of likely N-dealkylation sites (tertiary alicyclic amines) is 1. The molecule has 1 amide bonds. The zero-order valence-electron chi connectivity index (χ0n) is 14.9. The monoisotopic (exact) mass is 391 g/mol. The molecule has 25 heavy (non-hydrogen) atoms. The first-order valence-corrected chi connectivity index (χ1v) is 8.88. The third-order valence-electron chi connectivity index (χ3n) is 5.47. The van der Waals surface area contributed by atoms with Crippen LogP contribution in [0.3, 0.4) is 0 Å². The van der Waals surface area contributed by atoms with Crippen molar-refractivity contribution in [2.24, 2.45) is 5.92 Å². The molecule has 2 aliphatic rings. The number of carbonyl (C=O) groups excluding carboxylic acids is 1. The normalized spacial score (nSPS) is 21.0. The minimum Gasteiger partial charge on any atom is -0.354 e. The molecule has 1 aromatic rings. The van der Waals surface area contributed by atoms with Gasteiger partial charge in [-0.2, -0.15) is 5.10 Å². The molecule has 144 valence electrons. The molecule has 2 aliphatic heterocycles. The van der Waals surface area contributed by atoms with Crippen molar-refractivity contribution in [1.29, 1.82) is 0 Å². The second-order valence-corrected chi connectivity index (χ2v) is 7.02. The first-order valence-electron chi connectivity index (χ1n) is 8.88. The van der Waals surface area contributed by atoms with Crippen LogP contribution >= 0.6 is 24.8 Å². The zero-order valence-corrected chi connectivity index (χ0v) is 16.6. The van der Waals surface area contributed by atoms with E-state index in [-0.39, 0.29) is 30.7 Å². The lowest BCUT2D eigenvalue weighted by atomic mass is 9.87. The van der Waals surface area contributed by atoms with Crippen LogP contribution in [0.1, 0.15) is 32.1 Å². The number of piperidine rings is 2. The molecule has 0 saturated carbocycles. The van der Waals surface area contributed by atoms with Gasteiger partial charge in [0.25, 0.3) is 0 Å². The van der Waals surface area contributed by atoms with Gasteiger partial charge in [-0.05, 0) is 77.3 Å². The highest BCUT2D eigenvalue weighted by molar-refractivity contribution is 5.85. The van der Waals surface area contributed by atoms with Crippen LogP contribution in [0.15, 0.2) is 18.5 Å². The molecule has 2 N–H and O–H groups in total. The number of hydrogen-bond acceptors (Lipinski definition) is 4. The second kappa shape index (κ2) is 10.4. The highest BCUT2D eigenvalue weighted by Gasteiger charge is 2.41. The van der Waals surface area contributed by atoms with E-state index in [1.165, 1.54) is 25.9 Å². The van der Waals surface area contributed by atoms with E-state index in [0.717, 1.165) is 44.8 Å². The summed E-state index contributed by atoms with van der Waals surface area (Å²) in [6.07, 6.45) is 8.87. The summed E-state index contributed by atoms with van der Waals surface area (Å²) in [4.78, 5) is 15.3. The van der Waals surface area contributed by atoms with Crippen LogP contribution in [0, 0.1) is 5.92 Å². The zero-order chi connectivity index (χ0) is 16.1. The molecule has 0 unspecified atom stereocenters. The quantitative estimate of drug-likeness (QED) is 0.800. The van der Waals surface area contributed by atoms with Gasteiger partial charge in [-0.15, -0.1) is 24.8 Å². The van der Waals surface area contributed by atoms with Crippen LogP contribution < -0.4 is 10.6 Å². The first kappa shape index (κ1) is 22.2. The van der Waals surface area contributed by atoms with Gasteiger partial charge < -0.3 is 15.5 Å². The van der Waals surface area contributed by atoms with Crippen LogP contribution in [0.4, 0.5) is 0 Å². The number of amides is 1. The van der Waals surface area contributed by atoms with E-state index in [1.807, 2.05) is 16.9 Å². The number of hydrogen-bond donors (Lipinski definition) is 2. The van der Waals surface area contributed by atoms with Gasteiger partial charge >= 0.3 is 0 Å². The molecule has 0 aliphatic carbocycles. The molecule has 1 aromatic heterocycles. The van der Waals surface area contributed by atoms with Gasteiger partial charge in [-0.25, -0.2) is 0 Å². The van der Waals surface area contributed by atoms with Crippen molar-refractivity contribution in [3.63, 3.8) is 0 Å². The van der Waals surface area contributed by atoms with E-state index in [0.29, 0.717) is 0 Å². The number of aromatic nitrogens is 2. The van der Waals surface area contributed by atoms with Crippen molar-refractivity contribution in [1.82, 2.24) is 25.3 Å². The van der Waals surface area contributed by atoms with Crippen LogP contribution in [-0.4, -0.2) is 60.4 Å². The summed E-state index contributed by atoms with van der Waals surface area (Å²) in [6.45, 7) is 4.87. The van der Waals surface area contributed by atoms with Gasteiger partial charge in [0.2, 0.25) is 5.91 Å². The van der Waals surface area contributed by atoms with E-state index >= 15 is 0 Å². The summed E-state index contributed by atoms with van der Waals surface area (Å²) in [7, 11) is 2.18. The summed E-state index contributed by atoms with van der Waals surface area (Å²) >= 11 is 0. The van der Waals surface area contributed by atoms with Crippen molar-refractivity contribution < 1.29 is 4.79 Å². The summed E-state index contributed by atoms with van der Waals surface area (Å²) in [5.41, 5.74) is -0.512. The van der Waals surface area contributed by atoms with Gasteiger partial charge in [0.15, 0.2) is 0 Å². The molecule has 0 bridgehead atoms. The number of carbonyl (C=O) groups is 1. The predicted octanol–water partition coefficient (Wildman–Crippen LogP) is 1.65. The van der Waals surface area contributed by atoms with E-state index in [4.69, 9.17) is 0 Å². The number of nitrogens with zero attached hydrogens (tertiary/aromatic N) is 3. The van der Waals surface area contributed by atoms with Gasteiger partial charge in [0.05, 0.1) is 0 Å². The average Bonchev–Trinajstić information content (AvgIpc) is 3.12.